The average Bonchev–Trinajstić information content (AvgIpc) is 3.05. The second kappa shape index (κ2) is 7.23. The van der Waals surface area contributed by atoms with E-state index in [2.05, 4.69) is 29.1 Å². The number of carbonyl (C=O) groups excluding carboxylic acids is 1. The third kappa shape index (κ3) is 3.82. The zero-order chi connectivity index (χ0) is 18.0. The molecular formula is C20H25N3O2. The van der Waals surface area contributed by atoms with E-state index in [1.165, 1.54) is 5.56 Å². The minimum absolute atomic E-state index is 0.158. The predicted molar refractivity (Wildman–Crippen MR) is 98.8 cm³/mol. The molecular weight excluding hydrogens is 314 g/mol. The van der Waals surface area contributed by atoms with E-state index in [0.717, 1.165) is 24.2 Å². The van der Waals surface area contributed by atoms with Gasteiger partial charge in [-0.15, -0.1) is 0 Å². The number of pyridine rings is 1. The highest BCUT2D eigenvalue weighted by atomic mass is 16.2. The Bertz CT molecular complexity index is 813. The lowest BCUT2D eigenvalue weighted by Gasteiger charge is -2.25. The summed E-state index contributed by atoms with van der Waals surface area (Å²) in [4.78, 5) is 31.8. The van der Waals surface area contributed by atoms with Crippen LogP contribution in [-0.2, 0) is 6.54 Å². The van der Waals surface area contributed by atoms with Crippen molar-refractivity contribution in [3.63, 3.8) is 0 Å². The Morgan fingerprint density at radius 2 is 2.00 bits per heavy atom. The number of aromatic nitrogens is 1. The minimum Gasteiger partial charge on any atom is -0.337 e. The second-order valence-electron chi connectivity index (χ2n) is 6.93. The number of rotatable bonds is 4. The summed E-state index contributed by atoms with van der Waals surface area (Å²) in [6, 6.07) is 12.5. The second-order valence-corrected chi connectivity index (χ2v) is 6.93. The summed E-state index contributed by atoms with van der Waals surface area (Å²) in [6.45, 7) is 5.86. The molecule has 2 heterocycles. The molecule has 0 radical (unpaired) electrons. The molecule has 0 aliphatic carbocycles. The summed E-state index contributed by atoms with van der Waals surface area (Å²) in [5, 5.41) is 0. The number of amides is 1. The van der Waals surface area contributed by atoms with Crippen molar-refractivity contribution in [1.29, 1.82) is 0 Å². The van der Waals surface area contributed by atoms with E-state index in [0.29, 0.717) is 19.1 Å². The van der Waals surface area contributed by atoms with Crippen LogP contribution in [0.3, 0.4) is 0 Å². The van der Waals surface area contributed by atoms with Crippen LogP contribution in [0.25, 0.3) is 0 Å². The number of likely N-dealkylation sites (N-methyl/N-ethyl adjacent to an activating group) is 1. The Morgan fingerprint density at radius 1 is 1.28 bits per heavy atom. The first-order valence-corrected chi connectivity index (χ1v) is 8.69. The fourth-order valence-corrected chi connectivity index (χ4v) is 3.56. The molecule has 1 aliphatic heterocycles. The van der Waals surface area contributed by atoms with Crippen LogP contribution >= 0.6 is 0 Å². The van der Waals surface area contributed by atoms with E-state index < -0.39 is 0 Å². The van der Waals surface area contributed by atoms with Crippen LogP contribution in [-0.4, -0.2) is 46.9 Å². The van der Waals surface area contributed by atoms with Crippen molar-refractivity contribution in [2.24, 2.45) is 0 Å². The van der Waals surface area contributed by atoms with Crippen LogP contribution in [0.2, 0.25) is 0 Å². The number of benzene rings is 1. The van der Waals surface area contributed by atoms with Gasteiger partial charge in [0.1, 0.15) is 5.56 Å². The van der Waals surface area contributed by atoms with E-state index in [4.69, 9.17) is 0 Å². The highest BCUT2D eigenvalue weighted by molar-refractivity contribution is 5.95. The van der Waals surface area contributed by atoms with E-state index in [9.17, 15) is 9.59 Å². The van der Waals surface area contributed by atoms with Crippen molar-refractivity contribution in [3.8, 4) is 0 Å². The Balaban J connectivity index is 1.68. The zero-order valence-corrected chi connectivity index (χ0v) is 15.1. The number of hydrogen-bond acceptors (Lipinski definition) is 3. The van der Waals surface area contributed by atoms with Crippen LogP contribution in [0.15, 0.2) is 41.2 Å². The standard InChI is InChI=1S/C20H25N3O2/c1-14-11-15(2)21-19(24)18(14)20(25)23-10-9-17(13-23)22(3)12-16-7-5-4-6-8-16/h4-8,11,17H,9-10,12-13H2,1-3H3,(H,21,24)/t17-/m1/s1. The molecule has 0 saturated carbocycles. The maximum Gasteiger partial charge on any atom is 0.261 e. The lowest BCUT2D eigenvalue weighted by Crippen LogP contribution is -2.38. The Morgan fingerprint density at radius 3 is 2.68 bits per heavy atom. The Labute approximate surface area is 148 Å². The van der Waals surface area contributed by atoms with Gasteiger partial charge < -0.3 is 9.88 Å². The predicted octanol–water partition coefficient (Wildman–Crippen LogP) is 2.34. The van der Waals surface area contributed by atoms with E-state index in [1.807, 2.05) is 38.1 Å². The molecule has 0 unspecified atom stereocenters. The summed E-state index contributed by atoms with van der Waals surface area (Å²) in [5.41, 5.74) is 2.77. The van der Waals surface area contributed by atoms with Crippen LogP contribution < -0.4 is 5.56 Å². The fourth-order valence-electron chi connectivity index (χ4n) is 3.56. The summed E-state index contributed by atoms with van der Waals surface area (Å²) in [6.07, 6.45) is 0.928. The van der Waals surface area contributed by atoms with Gasteiger partial charge >= 0.3 is 0 Å². The van der Waals surface area contributed by atoms with Crippen LogP contribution in [0.1, 0.15) is 33.6 Å². The first kappa shape index (κ1) is 17.4. The van der Waals surface area contributed by atoms with Crippen molar-refractivity contribution in [2.75, 3.05) is 20.1 Å². The lowest BCUT2D eigenvalue weighted by molar-refractivity contribution is 0.0777. The number of nitrogens with zero attached hydrogens (tertiary/aromatic N) is 2. The van der Waals surface area contributed by atoms with Crippen LogP contribution in [0.4, 0.5) is 0 Å². The van der Waals surface area contributed by atoms with Gasteiger partial charge in [0.05, 0.1) is 0 Å². The number of H-pyrrole nitrogens is 1. The number of aryl methyl sites for hydroxylation is 2. The van der Waals surface area contributed by atoms with Gasteiger partial charge in [0.15, 0.2) is 0 Å². The van der Waals surface area contributed by atoms with Gasteiger partial charge in [-0.1, -0.05) is 30.3 Å². The fraction of sp³-hybridized carbons (Fsp3) is 0.400. The first-order chi connectivity index (χ1) is 12.0. The van der Waals surface area contributed by atoms with Crippen molar-refractivity contribution >= 4 is 5.91 Å². The quantitative estimate of drug-likeness (QED) is 0.930. The molecule has 1 aliphatic rings. The van der Waals surface area contributed by atoms with Gasteiger partial charge in [0, 0.05) is 31.4 Å². The molecule has 25 heavy (non-hydrogen) atoms. The Hall–Kier alpha value is -2.40. The number of aromatic amines is 1. The SMILES string of the molecule is Cc1cc(C)c(C(=O)N2CC[C@@H](N(C)Cc3ccccc3)C2)c(=O)[nH]1. The normalized spacial score (nSPS) is 17.3. The van der Waals surface area contributed by atoms with E-state index >= 15 is 0 Å². The minimum atomic E-state index is -0.288. The molecule has 0 bridgehead atoms. The monoisotopic (exact) mass is 339 g/mol. The molecule has 1 amide bonds. The highest BCUT2D eigenvalue weighted by Crippen LogP contribution is 2.19. The van der Waals surface area contributed by atoms with Gasteiger partial charge in [-0.05, 0) is 44.5 Å². The summed E-state index contributed by atoms with van der Waals surface area (Å²) in [7, 11) is 2.09. The number of carbonyl (C=O) groups is 1. The zero-order valence-electron chi connectivity index (χ0n) is 15.1. The smallest absolute Gasteiger partial charge is 0.261 e. The van der Waals surface area contributed by atoms with Crippen LogP contribution in [0, 0.1) is 13.8 Å². The van der Waals surface area contributed by atoms with Gasteiger partial charge in [0.25, 0.3) is 11.5 Å². The molecule has 1 N–H and O–H groups in total. The molecule has 3 rings (SSSR count). The van der Waals surface area contributed by atoms with Crippen molar-refractivity contribution < 1.29 is 4.79 Å². The third-order valence-electron chi connectivity index (χ3n) is 4.93. The summed E-state index contributed by atoms with van der Waals surface area (Å²) in [5.74, 6) is -0.158. The molecule has 0 spiro atoms. The molecule has 132 valence electrons. The molecule has 2 aromatic rings. The topological polar surface area (TPSA) is 56.4 Å². The van der Waals surface area contributed by atoms with Gasteiger partial charge in [-0.3, -0.25) is 14.5 Å². The maximum atomic E-state index is 12.8. The first-order valence-electron chi connectivity index (χ1n) is 8.69. The molecule has 1 aromatic heterocycles. The van der Waals surface area contributed by atoms with E-state index in [-0.39, 0.29) is 17.0 Å². The van der Waals surface area contributed by atoms with Crippen molar-refractivity contribution in [3.05, 3.63) is 69.1 Å². The third-order valence-corrected chi connectivity index (χ3v) is 4.93. The van der Waals surface area contributed by atoms with Crippen LogP contribution in [0.5, 0.6) is 0 Å². The Kier molecular flexibility index (Phi) is 5.04. The van der Waals surface area contributed by atoms with Gasteiger partial charge in [-0.2, -0.15) is 0 Å². The molecule has 5 heteroatoms. The molecule has 1 fully saturated rings. The summed E-state index contributed by atoms with van der Waals surface area (Å²) < 4.78 is 0. The summed E-state index contributed by atoms with van der Waals surface area (Å²) >= 11 is 0. The maximum absolute atomic E-state index is 12.8. The molecule has 1 atom stereocenters. The highest BCUT2D eigenvalue weighted by Gasteiger charge is 2.31. The average molecular weight is 339 g/mol. The molecule has 5 nitrogen and oxygen atoms in total. The largest absolute Gasteiger partial charge is 0.337 e. The molecule has 1 aromatic carbocycles. The number of hydrogen-bond donors (Lipinski definition) is 1. The van der Waals surface area contributed by atoms with Gasteiger partial charge in [0.2, 0.25) is 0 Å². The lowest BCUT2D eigenvalue weighted by atomic mass is 10.1. The molecule has 1 saturated heterocycles. The van der Waals surface area contributed by atoms with Gasteiger partial charge in [-0.25, -0.2) is 0 Å². The van der Waals surface area contributed by atoms with Crippen molar-refractivity contribution in [1.82, 2.24) is 14.8 Å². The van der Waals surface area contributed by atoms with Crippen molar-refractivity contribution in [2.45, 2.75) is 32.9 Å². The number of nitrogens with one attached hydrogen (secondary N) is 1. The number of likely N-dealkylation sites (tertiary alicyclic amines) is 1. The van der Waals surface area contributed by atoms with E-state index in [1.54, 1.807) is 4.90 Å².